The van der Waals surface area contributed by atoms with Gasteiger partial charge in [0.15, 0.2) is 0 Å². The van der Waals surface area contributed by atoms with Gasteiger partial charge >= 0.3 is 0 Å². The maximum atomic E-state index is 11.7. The molecule has 110 valence electrons. The summed E-state index contributed by atoms with van der Waals surface area (Å²) in [6.07, 6.45) is 2.75. The topological polar surface area (TPSA) is 71.3 Å². The Bertz CT molecular complexity index is 579. The maximum absolute atomic E-state index is 11.7. The van der Waals surface area contributed by atoms with Crippen LogP contribution in [0.25, 0.3) is 0 Å². The molecule has 2 aromatic rings. The molecule has 2 rings (SSSR count). The molecule has 2 amide bonds. The minimum atomic E-state index is -0.324. The van der Waals surface area contributed by atoms with Crippen molar-refractivity contribution in [2.24, 2.45) is 0 Å². The van der Waals surface area contributed by atoms with Gasteiger partial charge in [-0.1, -0.05) is 37.3 Å². The van der Waals surface area contributed by atoms with Crippen LogP contribution in [0.3, 0.4) is 0 Å². The molecule has 1 aromatic heterocycles. The Labute approximate surface area is 123 Å². The normalized spacial score (nSPS) is 11.7. The quantitative estimate of drug-likeness (QED) is 0.852. The molecule has 5 heteroatoms. The van der Waals surface area contributed by atoms with Crippen molar-refractivity contribution in [2.45, 2.75) is 12.8 Å². The number of nitrogens with one attached hydrogen (secondary N) is 2. The molecule has 0 aliphatic heterocycles. The van der Waals surface area contributed by atoms with Gasteiger partial charge in [-0.3, -0.25) is 9.59 Å². The lowest BCUT2D eigenvalue weighted by Crippen LogP contribution is -2.38. The first-order valence-electron chi connectivity index (χ1n) is 6.79. The smallest absolute Gasteiger partial charge is 0.254 e. The van der Waals surface area contributed by atoms with Crippen molar-refractivity contribution in [2.75, 3.05) is 13.1 Å². The van der Waals surface area contributed by atoms with E-state index in [9.17, 15) is 9.59 Å². The summed E-state index contributed by atoms with van der Waals surface area (Å²) in [5, 5.41) is 5.34. The summed E-state index contributed by atoms with van der Waals surface area (Å²) in [6, 6.07) is 11.5. The van der Waals surface area contributed by atoms with Crippen molar-refractivity contribution >= 4 is 11.8 Å². The molecular formula is C16H18N2O3. The van der Waals surface area contributed by atoms with Crippen LogP contribution >= 0.6 is 0 Å². The second kappa shape index (κ2) is 7.28. The van der Waals surface area contributed by atoms with Crippen molar-refractivity contribution in [1.82, 2.24) is 10.6 Å². The second-order valence-electron chi connectivity index (χ2n) is 4.81. The first-order chi connectivity index (χ1) is 10.2. The molecule has 0 unspecified atom stereocenters. The first kappa shape index (κ1) is 14.8. The molecular weight excluding hydrogens is 268 g/mol. The van der Waals surface area contributed by atoms with Gasteiger partial charge < -0.3 is 15.1 Å². The number of amides is 2. The molecule has 0 saturated carbocycles. The van der Waals surface area contributed by atoms with E-state index in [-0.39, 0.29) is 24.3 Å². The van der Waals surface area contributed by atoms with Gasteiger partial charge in [-0.2, -0.15) is 0 Å². The molecule has 0 fully saturated rings. The van der Waals surface area contributed by atoms with Gasteiger partial charge in [0.2, 0.25) is 5.91 Å². The van der Waals surface area contributed by atoms with E-state index in [0.717, 1.165) is 0 Å². The predicted molar refractivity (Wildman–Crippen MR) is 78.9 cm³/mol. The molecule has 1 atom stereocenters. The molecule has 0 radical (unpaired) electrons. The van der Waals surface area contributed by atoms with E-state index in [2.05, 4.69) is 10.6 Å². The van der Waals surface area contributed by atoms with Crippen molar-refractivity contribution in [3.8, 4) is 0 Å². The highest BCUT2D eigenvalue weighted by Gasteiger charge is 2.10. The molecule has 5 nitrogen and oxygen atoms in total. The largest absolute Gasteiger partial charge is 0.472 e. The number of carbonyl (C=O) groups is 2. The molecule has 0 saturated heterocycles. The molecule has 0 spiro atoms. The summed E-state index contributed by atoms with van der Waals surface area (Å²) in [6.45, 7) is 2.52. The Morgan fingerprint density at radius 3 is 2.57 bits per heavy atom. The zero-order chi connectivity index (χ0) is 15.1. The van der Waals surface area contributed by atoms with Crippen molar-refractivity contribution < 1.29 is 14.0 Å². The zero-order valence-electron chi connectivity index (χ0n) is 11.8. The van der Waals surface area contributed by atoms with Gasteiger partial charge in [-0.25, -0.2) is 0 Å². The second-order valence-corrected chi connectivity index (χ2v) is 4.81. The van der Waals surface area contributed by atoms with Crippen LogP contribution in [0, 0.1) is 0 Å². The lowest BCUT2D eigenvalue weighted by molar-refractivity contribution is -0.120. The monoisotopic (exact) mass is 286 g/mol. The fourth-order valence-electron chi connectivity index (χ4n) is 1.89. The van der Waals surface area contributed by atoms with E-state index in [1.54, 1.807) is 6.07 Å². The average Bonchev–Trinajstić information content (AvgIpc) is 3.05. The highest BCUT2D eigenvalue weighted by molar-refractivity contribution is 5.96. The van der Waals surface area contributed by atoms with Crippen LogP contribution in [0.15, 0.2) is 53.3 Å². The standard InChI is InChI=1S/C16H18N2O3/c1-12(13-5-3-2-4-6-13)9-17-15(19)10-18-16(20)14-7-8-21-11-14/h2-8,11-12H,9-10H2,1H3,(H,17,19)(H,18,20)/t12-/m1/s1. The summed E-state index contributed by atoms with van der Waals surface area (Å²) in [7, 11) is 0. The van der Waals surface area contributed by atoms with Crippen LogP contribution in [0.2, 0.25) is 0 Å². The number of hydrogen-bond donors (Lipinski definition) is 2. The van der Waals surface area contributed by atoms with Gasteiger partial charge in [0.1, 0.15) is 6.26 Å². The molecule has 2 N–H and O–H groups in total. The van der Waals surface area contributed by atoms with E-state index in [1.807, 2.05) is 37.3 Å². The first-order valence-corrected chi connectivity index (χ1v) is 6.79. The van der Waals surface area contributed by atoms with Crippen LogP contribution in [-0.2, 0) is 4.79 Å². The summed E-state index contributed by atoms with van der Waals surface area (Å²) >= 11 is 0. The fraction of sp³-hybridized carbons (Fsp3) is 0.250. The summed E-state index contributed by atoms with van der Waals surface area (Å²) < 4.78 is 4.81. The van der Waals surface area contributed by atoms with Crippen LogP contribution in [-0.4, -0.2) is 24.9 Å². The van der Waals surface area contributed by atoms with Crippen LogP contribution in [0.1, 0.15) is 28.8 Å². The molecule has 1 aromatic carbocycles. The zero-order valence-corrected chi connectivity index (χ0v) is 11.8. The molecule has 1 heterocycles. The van der Waals surface area contributed by atoms with Gasteiger partial charge in [0.05, 0.1) is 18.4 Å². The molecule has 21 heavy (non-hydrogen) atoms. The van der Waals surface area contributed by atoms with Gasteiger partial charge in [0.25, 0.3) is 5.91 Å². The maximum Gasteiger partial charge on any atom is 0.254 e. The van der Waals surface area contributed by atoms with Crippen LogP contribution < -0.4 is 10.6 Å². The summed E-state index contributed by atoms with van der Waals surface area (Å²) in [4.78, 5) is 23.3. The van der Waals surface area contributed by atoms with E-state index in [0.29, 0.717) is 12.1 Å². The number of furan rings is 1. The third-order valence-electron chi connectivity index (χ3n) is 3.17. The minimum Gasteiger partial charge on any atom is -0.472 e. The number of carbonyl (C=O) groups excluding carboxylic acids is 2. The van der Waals surface area contributed by atoms with E-state index >= 15 is 0 Å². The Hall–Kier alpha value is -2.56. The third kappa shape index (κ3) is 4.49. The molecule has 0 aliphatic carbocycles. The molecule has 0 bridgehead atoms. The fourth-order valence-corrected chi connectivity index (χ4v) is 1.89. The van der Waals surface area contributed by atoms with Gasteiger partial charge in [-0.15, -0.1) is 0 Å². The van der Waals surface area contributed by atoms with Crippen LogP contribution in [0.4, 0.5) is 0 Å². The predicted octanol–water partition coefficient (Wildman–Crippen LogP) is 1.93. The van der Waals surface area contributed by atoms with Gasteiger partial charge in [0, 0.05) is 6.54 Å². The van der Waals surface area contributed by atoms with E-state index < -0.39 is 0 Å². The summed E-state index contributed by atoms with van der Waals surface area (Å²) in [5.41, 5.74) is 1.57. The van der Waals surface area contributed by atoms with Crippen molar-refractivity contribution in [3.05, 3.63) is 60.1 Å². The Morgan fingerprint density at radius 1 is 1.14 bits per heavy atom. The average molecular weight is 286 g/mol. The van der Waals surface area contributed by atoms with E-state index in [4.69, 9.17) is 4.42 Å². The van der Waals surface area contributed by atoms with Crippen molar-refractivity contribution in [1.29, 1.82) is 0 Å². The lowest BCUT2D eigenvalue weighted by atomic mass is 10.0. The highest BCUT2D eigenvalue weighted by Crippen LogP contribution is 2.12. The molecule has 0 aliphatic rings. The lowest BCUT2D eigenvalue weighted by Gasteiger charge is -2.13. The number of rotatable bonds is 6. The van der Waals surface area contributed by atoms with Gasteiger partial charge in [-0.05, 0) is 17.5 Å². The number of hydrogen-bond acceptors (Lipinski definition) is 3. The number of benzene rings is 1. The van der Waals surface area contributed by atoms with E-state index in [1.165, 1.54) is 18.1 Å². The SMILES string of the molecule is C[C@H](CNC(=O)CNC(=O)c1ccoc1)c1ccccc1. The third-order valence-corrected chi connectivity index (χ3v) is 3.17. The highest BCUT2D eigenvalue weighted by atomic mass is 16.3. The van der Waals surface area contributed by atoms with Crippen LogP contribution in [0.5, 0.6) is 0 Å². The Balaban J connectivity index is 1.71. The Morgan fingerprint density at radius 2 is 1.90 bits per heavy atom. The van der Waals surface area contributed by atoms with Crippen molar-refractivity contribution in [3.63, 3.8) is 0 Å². The minimum absolute atomic E-state index is 0.0501. The summed E-state index contributed by atoms with van der Waals surface area (Å²) in [5.74, 6) is -0.315. The Kier molecular flexibility index (Phi) is 5.15.